The minimum absolute atomic E-state index is 0.0593. The molecule has 0 saturated carbocycles. The highest BCUT2D eigenvalue weighted by molar-refractivity contribution is 7.46. The molecule has 0 aliphatic carbocycles. The Hall–Kier alpha value is 0.0700. The molecule has 0 saturated heterocycles. The molecule has 0 aromatic heterocycles. The van der Waals surface area contributed by atoms with E-state index in [1.54, 1.807) is 0 Å². The van der Waals surface area contributed by atoms with E-state index in [-0.39, 0.29) is 13.2 Å². The molecular formula is C10H23O5P. The first-order valence-electron chi connectivity index (χ1n) is 5.69. The van der Waals surface area contributed by atoms with Gasteiger partial charge in [-0.1, -0.05) is 33.1 Å². The monoisotopic (exact) mass is 254 g/mol. The van der Waals surface area contributed by atoms with Crippen LogP contribution in [0.5, 0.6) is 0 Å². The van der Waals surface area contributed by atoms with Gasteiger partial charge in [-0.3, -0.25) is 4.52 Å². The standard InChI is InChI=1S/C10H23O5P/c1-10(2)6-4-3-5-7-14-8-9-15-16(11,12)13/h10H,3-9H2,1-2H3,(H2,11,12,13). The molecule has 0 bridgehead atoms. The molecule has 0 heterocycles. The van der Waals surface area contributed by atoms with Crippen molar-refractivity contribution in [1.82, 2.24) is 0 Å². The summed E-state index contributed by atoms with van der Waals surface area (Å²) in [4.78, 5) is 16.8. The van der Waals surface area contributed by atoms with Gasteiger partial charge in [0.25, 0.3) is 0 Å². The van der Waals surface area contributed by atoms with Crippen LogP contribution in [0.2, 0.25) is 0 Å². The lowest BCUT2D eigenvalue weighted by Gasteiger charge is -2.07. The lowest BCUT2D eigenvalue weighted by Crippen LogP contribution is -2.04. The zero-order chi connectivity index (χ0) is 12.4. The summed E-state index contributed by atoms with van der Waals surface area (Å²) in [7, 11) is -4.32. The Balaban J connectivity index is 3.08. The summed E-state index contributed by atoms with van der Waals surface area (Å²) in [6.07, 6.45) is 4.57. The van der Waals surface area contributed by atoms with Gasteiger partial charge >= 0.3 is 7.82 Å². The van der Waals surface area contributed by atoms with Gasteiger partial charge in [-0.05, 0) is 12.3 Å². The predicted octanol–water partition coefficient (Wildman–Crippen LogP) is 2.33. The molecular weight excluding hydrogens is 231 g/mol. The highest BCUT2D eigenvalue weighted by Crippen LogP contribution is 2.35. The van der Waals surface area contributed by atoms with E-state index in [1.807, 2.05) is 0 Å². The third kappa shape index (κ3) is 14.1. The van der Waals surface area contributed by atoms with Crippen LogP contribution in [0.25, 0.3) is 0 Å². The third-order valence-corrected chi connectivity index (χ3v) is 2.58. The highest BCUT2D eigenvalue weighted by atomic mass is 31.2. The Morgan fingerprint density at radius 2 is 1.75 bits per heavy atom. The van der Waals surface area contributed by atoms with Crippen LogP contribution in [0.15, 0.2) is 0 Å². The van der Waals surface area contributed by atoms with E-state index < -0.39 is 7.82 Å². The number of phosphoric acid groups is 1. The van der Waals surface area contributed by atoms with Crippen LogP contribution in [0, 0.1) is 5.92 Å². The maximum atomic E-state index is 10.3. The van der Waals surface area contributed by atoms with Gasteiger partial charge in [0.1, 0.15) is 0 Å². The second kappa shape index (κ2) is 9.14. The van der Waals surface area contributed by atoms with Crippen molar-refractivity contribution >= 4 is 7.82 Å². The van der Waals surface area contributed by atoms with E-state index in [9.17, 15) is 4.57 Å². The summed E-state index contributed by atoms with van der Waals surface area (Å²) in [5, 5.41) is 0. The first-order chi connectivity index (χ1) is 7.42. The maximum absolute atomic E-state index is 10.3. The van der Waals surface area contributed by atoms with E-state index in [0.29, 0.717) is 6.61 Å². The van der Waals surface area contributed by atoms with Crippen LogP contribution in [0.4, 0.5) is 0 Å². The minimum atomic E-state index is -4.32. The number of phosphoric ester groups is 1. The van der Waals surface area contributed by atoms with E-state index in [2.05, 4.69) is 18.4 Å². The summed E-state index contributed by atoms with van der Waals surface area (Å²) < 4.78 is 19.7. The van der Waals surface area contributed by atoms with E-state index in [0.717, 1.165) is 18.8 Å². The first kappa shape index (κ1) is 16.1. The molecule has 5 nitrogen and oxygen atoms in total. The fraction of sp³-hybridized carbons (Fsp3) is 1.00. The Kier molecular flexibility index (Phi) is 9.18. The minimum Gasteiger partial charge on any atom is -0.379 e. The molecule has 2 N–H and O–H groups in total. The molecule has 0 aromatic carbocycles. The van der Waals surface area contributed by atoms with Crippen LogP contribution >= 0.6 is 7.82 Å². The highest BCUT2D eigenvalue weighted by Gasteiger charge is 2.12. The molecule has 0 amide bonds. The smallest absolute Gasteiger partial charge is 0.379 e. The molecule has 16 heavy (non-hydrogen) atoms. The molecule has 6 heteroatoms. The van der Waals surface area contributed by atoms with Crippen molar-refractivity contribution in [3.8, 4) is 0 Å². The summed E-state index contributed by atoms with van der Waals surface area (Å²) in [5.74, 6) is 0.748. The average Bonchev–Trinajstić information content (AvgIpc) is 2.13. The van der Waals surface area contributed by atoms with E-state index in [1.165, 1.54) is 12.8 Å². The molecule has 0 spiro atoms. The molecule has 98 valence electrons. The molecule has 0 fully saturated rings. The fourth-order valence-electron chi connectivity index (χ4n) is 1.25. The van der Waals surface area contributed by atoms with E-state index in [4.69, 9.17) is 14.5 Å². The van der Waals surface area contributed by atoms with Gasteiger partial charge in [0, 0.05) is 6.61 Å². The van der Waals surface area contributed by atoms with Gasteiger partial charge in [0.05, 0.1) is 13.2 Å². The quantitative estimate of drug-likeness (QED) is 0.462. The Morgan fingerprint density at radius 1 is 1.06 bits per heavy atom. The van der Waals surface area contributed by atoms with Crippen LogP contribution in [-0.4, -0.2) is 29.6 Å². The van der Waals surface area contributed by atoms with Crippen LogP contribution in [-0.2, 0) is 13.8 Å². The molecule has 0 radical (unpaired) electrons. The van der Waals surface area contributed by atoms with Gasteiger partial charge < -0.3 is 14.5 Å². The SMILES string of the molecule is CC(C)CCCCCOCCOP(=O)(O)O. The second-order valence-corrected chi connectivity index (χ2v) is 5.42. The Labute approximate surface area is 97.4 Å². The summed E-state index contributed by atoms with van der Waals surface area (Å²) in [6, 6.07) is 0. The molecule has 0 aliphatic heterocycles. The molecule has 0 rings (SSSR count). The molecule has 0 atom stereocenters. The van der Waals surface area contributed by atoms with Crippen molar-refractivity contribution in [2.75, 3.05) is 19.8 Å². The van der Waals surface area contributed by atoms with Crippen molar-refractivity contribution in [3.05, 3.63) is 0 Å². The molecule has 0 unspecified atom stereocenters. The first-order valence-corrected chi connectivity index (χ1v) is 7.22. The van der Waals surface area contributed by atoms with Crippen LogP contribution in [0.1, 0.15) is 39.5 Å². The predicted molar refractivity (Wildman–Crippen MR) is 62.1 cm³/mol. The summed E-state index contributed by atoms with van der Waals surface area (Å²) in [6.45, 7) is 5.21. The lowest BCUT2D eigenvalue weighted by atomic mass is 10.1. The lowest BCUT2D eigenvalue weighted by molar-refractivity contribution is 0.0831. The number of unbranched alkanes of at least 4 members (excludes halogenated alkanes) is 2. The van der Waals surface area contributed by atoms with Gasteiger partial charge in [-0.15, -0.1) is 0 Å². The van der Waals surface area contributed by atoms with Crippen molar-refractivity contribution in [3.63, 3.8) is 0 Å². The zero-order valence-corrected chi connectivity index (χ0v) is 11.0. The molecule has 0 aromatic rings. The van der Waals surface area contributed by atoms with Crippen LogP contribution < -0.4 is 0 Å². The van der Waals surface area contributed by atoms with E-state index >= 15 is 0 Å². The molecule has 0 aliphatic rings. The van der Waals surface area contributed by atoms with Gasteiger partial charge in [-0.2, -0.15) is 0 Å². The van der Waals surface area contributed by atoms with Crippen LogP contribution in [0.3, 0.4) is 0 Å². The Bertz CT molecular complexity index is 201. The average molecular weight is 254 g/mol. The summed E-state index contributed by atoms with van der Waals surface area (Å²) >= 11 is 0. The third-order valence-electron chi connectivity index (χ3n) is 2.06. The maximum Gasteiger partial charge on any atom is 0.469 e. The van der Waals surface area contributed by atoms with Crippen molar-refractivity contribution in [2.45, 2.75) is 39.5 Å². The number of ether oxygens (including phenoxy) is 1. The second-order valence-electron chi connectivity index (χ2n) is 4.18. The van der Waals surface area contributed by atoms with Crippen molar-refractivity contribution < 1.29 is 23.6 Å². The van der Waals surface area contributed by atoms with Gasteiger partial charge in [0.2, 0.25) is 0 Å². The summed E-state index contributed by atoms with van der Waals surface area (Å²) in [5.41, 5.74) is 0. The largest absolute Gasteiger partial charge is 0.469 e. The fourth-order valence-corrected chi connectivity index (χ4v) is 1.56. The zero-order valence-electron chi connectivity index (χ0n) is 10.1. The topological polar surface area (TPSA) is 76.0 Å². The Morgan fingerprint density at radius 3 is 2.31 bits per heavy atom. The number of rotatable bonds is 10. The van der Waals surface area contributed by atoms with Gasteiger partial charge in [0.15, 0.2) is 0 Å². The number of hydrogen-bond donors (Lipinski definition) is 2. The van der Waals surface area contributed by atoms with Gasteiger partial charge in [-0.25, -0.2) is 4.57 Å². The van der Waals surface area contributed by atoms with Crippen molar-refractivity contribution in [1.29, 1.82) is 0 Å². The van der Waals surface area contributed by atoms with Crippen molar-refractivity contribution in [2.24, 2.45) is 5.92 Å². The normalized spacial score (nSPS) is 12.3. The number of hydrogen-bond acceptors (Lipinski definition) is 3.